The summed E-state index contributed by atoms with van der Waals surface area (Å²) in [6.07, 6.45) is 1.85. The van der Waals surface area contributed by atoms with E-state index in [0.717, 1.165) is 12.8 Å². The Hall–Kier alpha value is -2.93. The van der Waals surface area contributed by atoms with E-state index < -0.39 is 0 Å². The normalized spacial score (nSPS) is 13.5. The summed E-state index contributed by atoms with van der Waals surface area (Å²) in [5.41, 5.74) is 0.962. The Bertz CT molecular complexity index is 1050. The number of halogens is 2. The molecule has 144 valence electrons. The van der Waals surface area contributed by atoms with E-state index in [1.807, 2.05) is 0 Å². The molecule has 28 heavy (non-hydrogen) atoms. The highest BCUT2D eigenvalue weighted by atomic mass is 35.5. The number of benzene rings is 2. The van der Waals surface area contributed by atoms with Crippen molar-refractivity contribution in [1.82, 2.24) is 19.7 Å². The summed E-state index contributed by atoms with van der Waals surface area (Å²) in [6.45, 7) is 0.498. The second kappa shape index (κ2) is 7.59. The monoisotopic (exact) mass is 400 g/mol. The van der Waals surface area contributed by atoms with E-state index in [-0.39, 0.29) is 36.5 Å². The lowest BCUT2D eigenvalue weighted by Gasteiger charge is -2.05. The molecular formula is C20H18ClFN4O2. The lowest BCUT2D eigenvalue weighted by molar-refractivity contribution is 0.0952. The second-order valence-corrected chi connectivity index (χ2v) is 7.14. The fraction of sp³-hybridized carbons (Fsp3) is 0.250. The van der Waals surface area contributed by atoms with Crippen molar-refractivity contribution in [3.05, 3.63) is 75.4 Å². The van der Waals surface area contributed by atoms with Crippen LogP contribution in [0.5, 0.6) is 0 Å². The number of hydrogen-bond donors (Lipinski definition) is 1. The average molecular weight is 401 g/mol. The maximum Gasteiger partial charge on any atom is 0.346 e. The molecule has 2 aromatic carbocycles. The lowest BCUT2D eigenvalue weighted by Crippen LogP contribution is -2.32. The minimum atomic E-state index is -0.339. The molecule has 0 bridgehead atoms. The summed E-state index contributed by atoms with van der Waals surface area (Å²) in [4.78, 5) is 24.9. The van der Waals surface area contributed by atoms with Crippen molar-refractivity contribution in [2.75, 3.05) is 6.54 Å². The van der Waals surface area contributed by atoms with Gasteiger partial charge in [0.1, 0.15) is 5.82 Å². The standard InChI is InChI=1S/C20H18ClFN4O2/c21-15-5-1-14(2-6-15)19(27)23-11-12-25-20(28)26(17-9-10-17)18(24-25)13-3-7-16(22)8-4-13/h1-8,17H,9-12H2,(H,23,27). The lowest BCUT2D eigenvalue weighted by atomic mass is 10.2. The van der Waals surface area contributed by atoms with Crippen LogP contribution in [0.3, 0.4) is 0 Å². The Balaban J connectivity index is 1.50. The van der Waals surface area contributed by atoms with E-state index in [9.17, 15) is 14.0 Å². The molecule has 1 saturated carbocycles. The van der Waals surface area contributed by atoms with Crippen LogP contribution in [0.25, 0.3) is 11.4 Å². The van der Waals surface area contributed by atoms with Crippen LogP contribution in [0.2, 0.25) is 5.02 Å². The van der Waals surface area contributed by atoms with Crippen LogP contribution in [0.1, 0.15) is 29.2 Å². The van der Waals surface area contributed by atoms with Gasteiger partial charge in [0.25, 0.3) is 5.91 Å². The number of amides is 1. The van der Waals surface area contributed by atoms with Crippen LogP contribution in [-0.2, 0) is 6.54 Å². The molecular weight excluding hydrogens is 383 g/mol. The number of nitrogens with one attached hydrogen (secondary N) is 1. The zero-order chi connectivity index (χ0) is 19.7. The average Bonchev–Trinajstić information content (AvgIpc) is 3.47. The van der Waals surface area contributed by atoms with Gasteiger partial charge in [0.2, 0.25) is 0 Å². The topological polar surface area (TPSA) is 68.9 Å². The summed E-state index contributed by atoms with van der Waals surface area (Å²) in [6, 6.07) is 12.6. The highest BCUT2D eigenvalue weighted by Gasteiger charge is 2.30. The largest absolute Gasteiger partial charge is 0.350 e. The highest BCUT2D eigenvalue weighted by molar-refractivity contribution is 6.30. The second-order valence-electron chi connectivity index (χ2n) is 6.70. The summed E-state index contributed by atoms with van der Waals surface area (Å²) in [7, 11) is 0. The molecule has 1 aliphatic rings. The molecule has 3 aromatic rings. The molecule has 0 radical (unpaired) electrons. The van der Waals surface area contributed by atoms with E-state index in [4.69, 9.17) is 11.6 Å². The first-order valence-electron chi connectivity index (χ1n) is 9.02. The quantitative estimate of drug-likeness (QED) is 0.690. The van der Waals surface area contributed by atoms with Crippen molar-refractivity contribution in [1.29, 1.82) is 0 Å². The fourth-order valence-corrected chi connectivity index (χ4v) is 3.13. The third-order valence-corrected chi connectivity index (χ3v) is 4.85. The molecule has 1 aliphatic carbocycles. The molecule has 0 saturated heterocycles. The molecule has 0 atom stereocenters. The number of carbonyl (C=O) groups excluding carboxylic acids is 1. The van der Waals surface area contributed by atoms with Gasteiger partial charge in [-0.1, -0.05) is 11.6 Å². The number of rotatable bonds is 6. The number of nitrogens with zero attached hydrogens (tertiary/aromatic N) is 3. The molecule has 1 N–H and O–H groups in total. The van der Waals surface area contributed by atoms with Crippen molar-refractivity contribution < 1.29 is 9.18 Å². The van der Waals surface area contributed by atoms with E-state index >= 15 is 0 Å². The van der Waals surface area contributed by atoms with Crippen molar-refractivity contribution in [3.63, 3.8) is 0 Å². The molecule has 0 spiro atoms. The van der Waals surface area contributed by atoms with Gasteiger partial charge in [-0.25, -0.2) is 13.9 Å². The number of aromatic nitrogens is 3. The van der Waals surface area contributed by atoms with Gasteiger partial charge in [-0.3, -0.25) is 9.36 Å². The molecule has 6 nitrogen and oxygen atoms in total. The van der Waals surface area contributed by atoms with Crippen LogP contribution in [-0.4, -0.2) is 26.8 Å². The summed E-state index contributed by atoms with van der Waals surface area (Å²) >= 11 is 5.82. The van der Waals surface area contributed by atoms with Crippen molar-refractivity contribution >= 4 is 17.5 Å². The Kier molecular flexibility index (Phi) is 5.00. The molecule has 8 heteroatoms. The van der Waals surface area contributed by atoms with Gasteiger partial charge in [0.15, 0.2) is 5.82 Å². The van der Waals surface area contributed by atoms with Gasteiger partial charge in [0, 0.05) is 28.7 Å². The minimum absolute atomic E-state index is 0.130. The van der Waals surface area contributed by atoms with E-state index in [1.165, 1.54) is 16.8 Å². The fourth-order valence-electron chi connectivity index (χ4n) is 3.00. The smallest absolute Gasteiger partial charge is 0.346 e. The predicted molar refractivity (Wildman–Crippen MR) is 104 cm³/mol. The first-order chi connectivity index (χ1) is 13.5. The van der Waals surface area contributed by atoms with Gasteiger partial charge >= 0.3 is 5.69 Å². The zero-order valence-corrected chi connectivity index (χ0v) is 15.7. The third kappa shape index (κ3) is 3.84. The molecule has 1 fully saturated rings. The van der Waals surface area contributed by atoms with Crippen LogP contribution in [0, 0.1) is 5.82 Å². The number of carbonyl (C=O) groups is 1. The maximum atomic E-state index is 13.2. The predicted octanol–water partition coefficient (Wildman–Crippen LogP) is 3.27. The highest BCUT2D eigenvalue weighted by Crippen LogP contribution is 2.36. The van der Waals surface area contributed by atoms with Crippen molar-refractivity contribution in [3.8, 4) is 11.4 Å². The maximum absolute atomic E-state index is 13.2. The minimum Gasteiger partial charge on any atom is -0.350 e. The summed E-state index contributed by atoms with van der Waals surface area (Å²) in [5.74, 6) is -0.0601. The van der Waals surface area contributed by atoms with Gasteiger partial charge in [-0.2, -0.15) is 0 Å². The van der Waals surface area contributed by atoms with Crippen LogP contribution < -0.4 is 11.0 Å². The summed E-state index contributed by atoms with van der Waals surface area (Å²) in [5, 5.41) is 7.76. The molecule has 1 aromatic heterocycles. The molecule has 4 rings (SSSR count). The third-order valence-electron chi connectivity index (χ3n) is 4.60. The van der Waals surface area contributed by atoms with Gasteiger partial charge in [-0.05, 0) is 61.4 Å². The zero-order valence-electron chi connectivity index (χ0n) is 14.9. The molecule has 1 heterocycles. The van der Waals surface area contributed by atoms with Crippen molar-refractivity contribution in [2.24, 2.45) is 0 Å². The van der Waals surface area contributed by atoms with Crippen molar-refractivity contribution in [2.45, 2.75) is 25.4 Å². The van der Waals surface area contributed by atoms with E-state index in [0.29, 0.717) is 22.0 Å². The van der Waals surface area contributed by atoms with Gasteiger partial charge in [0.05, 0.1) is 6.54 Å². The van der Waals surface area contributed by atoms with Gasteiger partial charge < -0.3 is 5.32 Å². The Morgan fingerprint density at radius 3 is 2.46 bits per heavy atom. The first-order valence-corrected chi connectivity index (χ1v) is 9.40. The van der Waals surface area contributed by atoms with Crippen LogP contribution in [0.4, 0.5) is 4.39 Å². The first kappa shape index (κ1) is 18.4. The summed E-state index contributed by atoms with van der Waals surface area (Å²) < 4.78 is 16.2. The Morgan fingerprint density at radius 2 is 1.82 bits per heavy atom. The Labute approximate surface area is 165 Å². The number of hydrogen-bond acceptors (Lipinski definition) is 3. The van der Waals surface area contributed by atoms with Gasteiger partial charge in [-0.15, -0.1) is 5.10 Å². The van der Waals surface area contributed by atoms with Crippen LogP contribution in [0.15, 0.2) is 53.3 Å². The van der Waals surface area contributed by atoms with Crippen LogP contribution >= 0.6 is 11.6 Å². The SMILES string of the molecule is O=C(NCCn1nc(-c2ccc(F)cc2)n(C2CC2)c1=O)c1ccc(Cl)cc1. The molecule has 0 unspecified atom stereocenters. The molecule has 1 amide bonds. The Morgan fingerprint density at radius 1 is 1.14 bits per heavy atom. The van der Waals surface area contributed by atoms with E-state index in [1.54, 1.807) is 41.0 Å². The van der Waals surface area contributed by atoms with E-state index in [2.05, 4.69) is 10.4 Å². The molecule has 0 aliphatic heterocycles.